The number of para-hydroxylation sites is 1. The van der Waals surface area contributed by atoms with E-state index in [1.165, 1.54) is 0 Å². The van der Waals surface area contributed by atoms with Crippen LogP contribution in [0.5, 0.6) is 5.75 Å². The lowest BCUT2D eigenvalue weighted by Crippen LogP contribution is -1.98. The molecule has 0 spiro atoms. The highest BCUT2D eigenvalue weighted by Crippen LogP contribution is 2.18. The monoisotopic (exact) mass is 222 g/mol. The second-order valence-corrected chi connectivity index (χ2v) is 3.35. The van der Waals surface area contributed by atoms with Gasteiger partial charge in [0.2, 0.25) is 0 Å². The van der Waals surface area contributed by atoms with E-state index in [1.54, 1.807) is 18.0 Å². The highest BCUT2D eigenvalue weighted by molar-refractivity contribution is 6.17. The Labute approximate surface area is 93.2 Å². The van der Waals surface area contributed by atoms with Crippen molar-refractivity contribution in [2.24, 2.45) is 0 Å². The molecule has 0 atom stereocenters. The van der Waals surface area contributed by atoms with Gasteiger partial charge in [0.25, 0.3) is 0 Å². The molecule has 1 heterocycles. The zero-order valence-electron chi connectivity index (χ0n) is 8.35. The summed E-state index contributed by atoms with van der Waals surface area (Å²) in [6, 6.07) is 7.88. The summed E-state index contributed by atoms with van der Waals surface area (Å²) < 4.78 is 6.83. The molecule has 0 fully saturated rings. The lowest BCUT2D eigenvalue weighted by molar-refractivity contribution is 0.414. The van der Waals surface area contributed by atoms with E-state index < -0.39 is 0 Å². The van der Waals surface area contributed by atoms with Crippen molar-refractivity contribution in [3.63, 3.8) is 0 Å². The lowest BCUT2D eigenvalue weighted by Gasteiger charge is -2.05. The van der Waals surface area contributed by atoms with E-state index in [1.807, 2.05) is 30.5 Å². The first kappa shape index (κ1) is 10.1. The number of ether oxygens (including phenoxy) is 1. The number of benzene rings is 1. The van der Waals surface area contributed by atoms with Gasteiger partial charge in [-0.1, -0.05) is 18.2 Å². The number of rotatable bonds is 3. The van der Waals surface area contributed by atoms with Crippen LogP contribution in [-0.4, -0.2) is 16.9 Å². The maximum Gasteiger partial charge on any atom is 0.157 e. The van der Waals surface area contributed by atoms with Crippen molar-refractivity contribution < 1.29 is 4.74 Å². The van der Waals surface area contributed by atoms with Crippen LogP contribution < -0.4 is 4.74 Å². The number of methoxy groups -OCH3 is 1. The van der Waals surface area contributed by atoms with Crippen LogP contribution in [0, 0.1) is 0 Å². The summed E-state index contributed by atoms with van der Waals surface area (Å²) in [5.74, 6) is 1.21. The molecule has 0 aliphatic carbocycles. The maximum absolute atomic E-state index is 5.85. The molecule has 0 saturated carbocycles. The molecule has 0 N–H and O–H groups in total. The predicted molar refractivity (Wildman–Crippen MR) is 59.7 cm³/mol. The van der Waals surface area contributed by atoms with E-state index in [0.29, 0.717) is 5.88 Å². The number of nitrogens with zero attached hydrogens (tertiary/aromatic N) is 2. The minimum atomic E-state index is 0.471. The van der Waals surface area contributed by atoms with Gasteiger partial charge in [-0.2, -0.15) is 5.10 Å². The van der Waals surface area contributed by atoms with Gasteiger partial charge < -0.3 is 4.74 Å². The Kier molecular flexibility index (Phi) is 2.92. The molecule has 0 aliphatic rings. The minimum absolute atomic E-state index is 0.471. The average molecular weight is 223 g/mol. The smallest absolute Gasteiger partial charge is 0.157 e. The third kappa shape index (κ3) is 1.97. The zero-order chi connectivity index (χ0) is 10.7. The molecule has 15 heavy (non-hydrogen) atoms. The summed E-state index contributed by atoms with van der Waals surface area (Å²) in [5, 5.41) is 4.20. The van der Waals surface area contributed by atoms with Crippen LogP contribution in [0.1, 0.15) is 5.56 Å². The molecular formula is C11H11ClN2O. The maximum atomic E-state index is 5.85. The largest absolute Gasteiger partial charge is 0.493 e. The van der Waals surface area contributed by atoms with Gasteiger partial charge in [-0.05, 0) is 11.6 Å². The van der Waals surface area contributed by atoms with Gasteiger partial charge in [0.05, 0.1) is 25.2 Å². The molecular weight excluding hydrogens is 212 g/mol. The highest BCUT2D eigenvalue weighted by atomic mass is 35.5. The van der Waals surface area contributed by atoms with Gasteiger partial charge >= 0.3 is 0 Å². The number of halogens is 1. The lowest BCUT2D eigenvalue weighted by atomic mass is 10.2. The standard InChI is InChI=1S/C11H11ClN2O/c1-15-10-7-13-14(8-10)11-5-3-2-4-9(11)6-12/h2-5,7-8H,6H2,1H3. The Morgan fingerprint density at radius 3 is 2.87 bits per heavy atom. The molecule has 0 unspecified atom stereocenters. The molecule has 0 saturated heterocycles. The van der Waals surface area contributed by atoms with Crippen molar-refractivity contribution in [2.45, 2.75) is 5.88 Å². The molecule has 2 aromatic rings. The van der Waals surface area contributed by atoms with Crippen molar-refractivity contribution in [1.29, 1.82) is 0 Å². The molecule has 3 nitrogen and oxygen atoms in total. The Morgan fingerprint density at radius 2 is 2.20 bits per heavy atom. The number of aromatic nitrogens is 2. The molecule has 0 aliphatic heterocycles. The third-order valence-corrected chi connectivity index (χ3v) is 2.46. The fourth-order valence-corrected chi connectivity index (χ4v) is 1.62. The SMILES string of the molecule is COc1cnn(-c2ccccc2CCl)c1. The van der Waals surface area contributed by atoms with Gasteiger partial charge in [-0.3, -0.25) is 0 Å². The zero-order valence-corrected chi connectivity index (χ0v) is 9.11. The summed E-state index contributed by atoms with van der Waals surface area (Å²) in [6.07, 6.45) is 3.50. The summed E-state index contributed by atoms with van der Waals surface area (Å²) >= 11 is 5.85. The first-order valence-electron chi connectivity index (χ1n) is 4.58. The van der Waals surface area contributed by atoms with E-state index in [0.717, 1.165) is 17.0 Å². The van der Waals surface area contributed by atoms with Crippen molar-refractivity contribution in [3.8, 4) is 11.4 Å². The van der Waals surface area contributed by atoms with Crippen LogP contribution in [0.25, 0.3) is 5.69 Å². The summed E-state index contributed by atoms with van der Waals surface area (Å²) in [5.41, 5.74) is 2.03. The van der Waals surface area contributed by atoms with Crippen LogP contribution in [-0.2, 0) is 5.88 Å². The Morgan fingerprint density at radius 1 is 1.40 bits per heavy atom. The fraction of sp³-hybridized carbons (Fsp3) is 0.182. The molecule has 4 heteroatoms. The van der Waals surface area contributed by atoms with Gasteiger partial charge in [-0.25, -0.2) is 4.68 Å². The number of alkyl halides is 1. The van der Waals surface area contributed by atoms with Crippen LogP contribution >= 0.6 is 11.6 Å². The van der Waals surface area contributed by atoms with Crippen molar-refractivity contribution in [3.05, 3.63) is 42.2 Å². The first-order valence-corrected chi connectivity index (χ1v) is 5.11. The minimum Gasteiger partial charge on any atom is -0.493 e. The molecule has 2 rings (SSSR count). The Balaban J connectivity index is 2.44. The predicted octanol–water partition coefficient (Wildman–Crippen LogP) is 2.62. The molecule has 0 bridgehead atoms. The van der Waals surface area contributed by atoms with E-state index in [2.05, 4.69) is 5.10 Å². The molecule has 1 aromatic carbocycles. The normalized spacial score (nSPS) is 10.3. The van der Waals surface area contributed by atoms with Gasteiger partial charge in [0, 0.05) is 5.88 Å². The fourth-order valence-electron chi connectivity index (χ4n) is 1.39. The van der Waals surface area contributed by atoms with Crippen LogP contribution in [0.15, 0.2) is 36.7 Å². The van der Waals surface area contributed by atoms with Crippen molar-refractivity contribution >= 4 is 11.6 Å². The van der Waals surface area contributed by atoms with Crippen LogP contribution in [0.3, 0.4) is 0 Å². The molecule has 1 aromatic heterocycles. The van der Waals surface area contributed by atoms with Gasteiger partial charge in [0.15, 0.2) is 5.75 Å². The number of hydrogen-bond donors (Lipinski definition) is 0. The second-order valence-electron chi connectivity index (χ2n) is 3.09. The van der Waals surface area contributed by atoms with E-state index in [-0.39, 0.29) is 0 Å². The quantitative estimate of drug-likeness (QED) is 0.747. The molecule has 78 valence electrons. The van der Waals surface area contributed by atoms with Gasteiger partial charge in [-0.15, -0.1) is 11.6 Å². The van der Waals surface area contributed by atoms with Crippen LogP contribution in [0.2, 0.25) is 0 Å². The molecule has 0 amide bonds. The van der Waals surface area contributed by atoms with E-state index in [4.69, 9.17) is 16.3 Å². The third-order valence-electron chi connectivity index (χ3n) is 2.18. The van der Waals surface area contributed by atoms with Crippen molar-refractivity contribution in [2.75, 3.05) is 7.11 Å². The summed E-state index contributed by atoms with van der Waals surface area (Å²) in [6.45, 7) is 0. The van der Waals surface area contributed by atoms with E-state index in [9.17, 15) is 0 Å². The second kappa shape index (κ2) is 4.36. The summed E-state index contributed by atoms with van der Waals surface area (Å²) in [7, 11) is 1.62. The van der Waals surface area contributed by atoms with Crippen LogP contribution in [0.4, 0.5) is 0 Å². The Hall–Kier alpha value is -1.48. The topological polar surface area (TPSA) is 27.1 Å². The Bertz CT molecular complexity index is 453. The highest BCUT2D eigenvalue weighted by Gasteiger charge is 2.04. The van der Waals surface area contributed by atoms with Crippen molar-refractivity contribution in [1.82, 2.24) is 9.78 Å². The first-order chi connectivity index (χ1) is 7.35. The summed E-state index contributed by atoms with van der Waals surface area (Å²) in [4.78, 5) is 0. The van der Waals surface area contributed by atoms with E-state index >= 15 is 0 Å². The average Bonchev–Trinajstić information content (AvgIpc) is 2.77. The molecule has 0 radical (unpaired) electrons. The number of hydrogen-bond acceptors (Lipinski definition) is 2. The van der Waals surface area contributed by atoms with Gasteiger partial charge in [0.1, 0.15) is 0 Å².